The highest BCUT2D eigenvalue weighted by atomic mass is 14.9. The van der Waals surface area contributed by atoms with Crippen molar-refractivity contribution in [2.24, 2.45) is 5.73 Å². The van der Waals surface area contributed by atoms with Crippen LogP contribution in [-0.2, 0) is 0 Å². The van der Waals surface area contributed by atoms with Crippen LogP contribution in [0.15, 0.2) is 11.8 Å². The Morgan fingerprint density at radius 3 is 2.75 bits per heavy atom. The first kappa shape index (κ1) is 7.50. The Kier molecular flexibility index (Phi) is 4.36. The lowest BCUT2D eigenvalue weighted by molar-refractivity contribution is 0.796. The first-order valence-corrected chi connectivity index (χ1v) is 2.88. The number of allylic oxidation sites excluding steroid dienone is 2. The summed E-state index contributed by atoms with van der Waals surface area (Å²) in [6.07, 6.45) is 2.02. The normalized spacial score (nSPS) is 11.6. The molecule has 2 nitrogen and oxygen atoms in total. The molecule has 0 aliphatic heterocycles. The predicted molar refractivity (Wildman–Crippen MR) is 36.5 cm³/mol. The van der Waals surface area contributed by atoms with E-state index in [0.29, 0.717) is 6.54 Å². The molecule has 0 saturated carbocycles. The minimum absolute atomic E-state index is 0.700. The Hall–Kier alpha value is -0.500. The van der Waals surface area contributed by atoms with Gasteiger partial charge in [0.2, 0.25) is 0 Å². The summed E-state index contributed by atoms with van der Waals surface area (Å²) in [6, 6.07) is 0. The second kappa shape index (κ2) is 4.65. The van der Waals surface area contributed by atoms with E-state index in [9.17, 15) is 0 Å². The Morgan fingerprint density at radius 1 is 1.75 bits per heavy atom. The molecular formula is C6H14N2. The molecule has 0 aromatic heterocycles. The Bertz CT molecular complexity index is 76.6. The van der Waals surface area contributed by atoms with Gasteiger partial charge in [0.1, 0.15) is 0 Å². The number of hydrogen-bond donors (Lipinski definition) is 2. The summed E-state index contributed by atoms with van der Waals surface area (Å²) in [5.74, 6) is 0. The van der Waals surface area contributed by atoms with Crippen molar-refractivity contribution in [1.29, 1.82) is 0 Å². The molecule has 0 bridgehead atoms. The maximum atomic E-state index is 5.24. The molecule has 0 saturated heterocycles. The van der Waals surface area contributed by atoms with E-state index in [-0.39, 0.29) is 0 Å². The zero-order valence-corrected chi connectivity index (χ0v) is 5.57. The van der Waals surface area contributed by atoms with Crippen LogP contribution in [0.1, 0.15) is 13.8 Å². The summed E-state index contributed by atoms with van der Waals surface area (Å²) >= 11 is 0. The molecule has 0 radical (unpaired) electrons. The van der Waals surface area contributed by atoms with Crippen LogP contribution < -0.4 is 11.1 Å². The number of hydrogen-bond acceptors (Lipinski definition) is 2. The molecule has 0 rings (SSSR count). The van der Waals surface area contributed by atoms with Gasteiger partial charge in [0.05, 0.1) is 0 Å². The summed E-state index contributed by atoms with van der Waals surface area (Å²) in [5, 5.41) is 3.12. The van der Waals surface area contributed by atoms with Gasteiger partial charge in [-0.1, -0.05) is 6.08 Å². The van der Waals surface area contributed by atoms with Crippen LogP contribution in [0.25, 0.3) is 0 Å². The van der Waals surface area contributed by atoms with Gasteiger partial charge in [0.25, 0.3) is 0 Å². The lowest BCUT2D eigenvalue weighted by Crippen LogP contribution is -2.20. The van der Waals surface area contributed by atoms with E-state index < -0.39 is 0 Å². The van der Waals surface area contributed by atoms with Crippen LogP contribution in [0, 0.1) is 0 Å². The van der Waals surface area contributed by atoms with Gasteiger partial charge in [0, 0.05) is 18.8 Å². The highest BCUT2D eigenvalue weighted by Gasteiger charge is 1.79. The van der Waals surface area contributed by atoms with Gasteiger partial charge in [-0.25, -0.2) is 0 Å². The predicted octanol–water partition coefficient (Wildman–Crippen LogP) is 0.458. The summed E-state index contributed by atoms with van der Waals surface area (Å²) in [6.45, 7) is 5.59. The molecule has 0 spiro atoms. The summed E-state index contributed by atoms with van der Waals surface area (Å²) in [4.78, 5) is 0. The van der Waals surface area contributed by atoms with Gasteiger partial charge in [-0.2, -0.15) is 0 Å². The van der Waals surface area contributed by atoms with Crippen molar-refractivity contribution in [3.63, 3.8) is 0 Å². The maximum absolute atomic E-state index is 5.24. The summed E-state index contributed by atoms with van der Waals surface area (Å²) in [5.41, 5.74) is 6.43. The van der Waals surface area contributed by atoms with E-state index in [1.54, 1.807) is 0 Å². The number of nitrogens with one attached hydrogen (secondary N) is 1. The Morgan fingerprint density at radius 2 is 2.38 bits per heavy atom. The third kappa shape index (κ3) is 3.68. The zero-order chi connectivity index (χ0) is 6.41. The molecule has 0 fully saturated rings. The third-order valence-corrected chi connectivity index (χ3v) is 0.981. The van der Waals surface area contributed by atoms with Crippen LogP contribution in [0.3, 0.4) is 0 Å². The Balaban J connectivity index is 3.12. The molecule has 0 atom stereocenters. The SMILES string of the molecule is C/C=C(/C)NCCN. The molecule has 0 heterocycles. The standard InChI is InChI=1S/C6H14N2/c1-3-6(2)8-5-4-7/h3,8H,4-5,7H2,1-2H3/b6-3-. The molecule has 8 heavy (non-hydrogen) atoms. The summed E-state index contributed by atoms with van der Waals surface area (Å²) < 4.78 is 0. The van der Waals surface area contributed by atoms with Crippen molar-refractivity contribution in [1.82, 2.24) is 5.32 Å². The van der Waals surface area contributed by atoms with Gasteiger partial charge in [-0.3, -0.25) is 0 Å². The van der Waals surface area contributed by atoms with E-state index in [0.717, 1.165) is 6.54 Å². The highest BCUT2D eigenvalue weighted by Crippen LogP contribution is 1.80. The average molecular weight is 114 g/mol. The number of rotatable bonds is 3. The van der Waals surface area contributed by atoms with Gasteiger partial charge in [-0.05, 0) is 13.8 Å². The topological polar surface area (TPSA) is 38.0 Å². The first-order valence-electron chi connectivity index (χ1n) is 2.88. The van der Waals surface area contributed by atoms with Gasteiger partial charge in [0.15, 0.2) is 0 Å². The van der Waals surface area contributed by atoms with Crippen molar-refractivity contribution >= 4 is 0 Å². The monoisotopic (exact) mass is 114 g/mol. The highest BCUT2D eigenvalue weighted by molar-refractivity contribution is 4.91. The quantitative estimate of drug-likeness (QED) is 0.559. The van der Waals surface area contributed by atoms with Crippen LogP contribution >= 0.6 is 0 Å². The fourth-order valence-electron chi connectivity index (χ4n) is 0.371. The second-order valence-corrected chi connectivity index (χ2v) is 1.69. The van der Waals surface area contributed by atoms with Crippen molar-refractivity contribution in [3.05, 3.63) is 11.8 Å². The minimum atomic E-state index is 0.700. The van der Waals surface area contributed by atoms with Crippen LogP contribution in [-0.4, -0.2) is 13.1 Å². The fraction of sp³-hybridized carbons (Fsp3) is 0.667. The lowest BCUT2D eigenvalue weighted by atomic mass is 10.4. The fourth-order valence-corrected chi connectivity index (χ4v) is 0.371. The summed E-state index contributed by atoms with van der Waals surface area (Å²) in [7, 11) is 0. The second-order valence-electron chi connectivity index (χ2n) is 1.69. The Labute approximate surface area is 50.8 Å². The smallest absolute Gasteiger partial charge is 0.0266 e. The van der Waals surface area contributed by atoms with E-state index in [2.05, 4.69) is 5.32 Å². The third-order valence-electron chi connectivity index (χ3n) is 0.981. The van der Waals surface area contributed by atoms with E-state index in [1.165, 1.54) is 5.70 Å². The molecular weight excluding hydrogens is 100 g/mol. The maximum Gasteiger partial charge on any atom is 0.0266 e. The van der Waals surface area contributed by atoms with E-state index in [4.69, 9.17) is 5.73 Å². The van der Waals surface area contributed by atoms with Crippen LogP contribution in [0.2, 0.25) is 0 Å². The van der Waals surface area contributed by atoms with E-state index >= 15 is 0 Å². The molecule has 2 heteroatoms. The van der Waals surface area contributed by atoms with Gasteiger partial charge < -0.3 is 11.1 Å². The molecule has 48 valence electrons. The molecule has 0 aromatic rings. The minimum Gasteiger partial charge on any atom is -0.388 e. The lowest BCUT2D eigenvalue weighted by Gasteiger charge is -2.01. The first-order chi connectivity index (χ1) is 3.81. The van der Waals surface area contributed by atoms with E-state index in [1.807, 2.05) is 19.9 Å². The van der Waals surface area contributed by atoms with Crippen molar-refractivity contribution in [2.45, 2.75) is 13.8 Å². The van der Waals surface area contributed by atoms with Gasteiger partial charge >= 0.3 is 0 Å². The average Bonchev–Trinajstić information content (AvgIpc) is 1.83. The van der Waals surface area contributed by atoms with Crippen LogP contribution in [0.5, 0.6) is 0 Å². The number of nitrogens with two attached hydrogens (primary N) is 1. The molecule has 3 N–H and O–H groups in total. The van der Waals surface area contributed by atoms with Crippen molar-refractivity contribution in [2.75, 3.05) is 13.1 Å². The largest absolute Gasteiger partial charge is 0.388 e. The van der Waals surface area contributed by atoms with Crippen molar-refractivity contribution < 1.29 is 0 Å². The molecule has 0 amide bonds. The molecule has 0 aromatic carbocycles. The van der Waals surface area contributed by atoms with Crippen molar-refractivity contribution in [3.8, 4) is 0 Å². The zero-order valence-electron chi connectivity index (χ0n) is 5.57. The molecule has 0 aliphatic carbocycles. The van der Waals surface area contributed by atoms with Crippen LogP contribution in [0.4, 0.5) is 0 Å². The molecule has 0 unspecified atom stereocenters. The molecule has 0 aliphatic rings. The van der Waals surface area contributed by atoms with Gasteiger partial charge in [-0.15, -0.1) is 0 Å².